The molecule has 3 N–H and O–H groups in total. The average Bonchev–Trinajstić information content (AvgIpc) is 2.27. The molecule has 5 nitrogen and oxygen atoms in total. The first-order valence-electron chi connectivity index (χ1n) is 4.02. The summed E-state index contributed by atoms with van der Waals surface area (Å²) in [4.78, 5) is 3.78. The SMILES string of the molecule is N#Cc1ccnc(C(O)C(O)CO)c1. The predicted octanol–water partition coefficient (Wildman–Crippen LogP) is -0.660. The molecule has 0 saturated carbocycles. The molecular weight excluding hydrogens is 184 g/mol. The van der Waals surface area contributed by atoms with E-state index < -0.39 is 18.8 Å². The summed E-state index contributed by atoms with van der Waals surface area (Å²) in [5.74, 6) is 0. The highest BCUT2D eigenvalue weighted by Gasteiger charge is 2.18. The second kappa shape index (κ2) is 4.67. The predicted molar refractivity (Wildman–Crippen MR) is 47.0 cm³/mol. The van der Waals surface area contributed by atoms with Crippen molar-refractivity contribution in [1.82, 2.24) is 4.98 Å². The number of aliphatic hydroxyl groups excluding tert-OH is 3. The third kappa shape index (κ3) is 2.26. The van der Waals surface area contributed by atoms with Gasteiger partial charge in [0, 0.05) is 6.20 Å². The molecule has 1 heterocycles. The van der Waals surface area contributed by atoms with Crippen LogP contribution in [0.4, 0.5) is 0 Å². The van der Waals surface area contributed by atoms with Gasteiger partial charge in [0.05, 0.1) is 23.9 Å². The Hall–Kier alpha value is -1.48. The molecular formula is C9H10N2O3. The van der Waals surface area contributed by atoms with Crippen LogP contribution in [0.3, 0.4) is 0 Å². The molecule has 0 amide bonds. The fourth-order valence-electron chi connectivity index (χ4n) is 0.977. The first-order chi connectivity index (χ1) is 6.69. The molecule has 1 rings (SSSR count). The molecule has 2 atom stereocenters. The molecule has 0 aliphatic rings. The van der Waals surface area contributed by atoms with Gasteiger partial charge in [0.15, 0.2) is 0 Å². The minimum Gasteiger partial charge on any atom is -0.394 e. The quantitative estimate of drug-likeness (QED) is 0.593. The lowest BCUT2D eigenvalue weighted by atomic mass is 10.1. The van der Waals surface area contributed by atoms with E-state index in [1.165, 1.54) is 18.3 Å². The van der Waals surface area contributed by atoms with Crippen molar-refractivity contribution in [3.8, 4) is 6.07 Å². The monoisotopic (exact) mass is 194 g/mol. The number of nitrogens with zero attached hydrogens (tertiary/aromatic N) is 2. The topological polar surface area (TPSA) is 97.4 Å². The summed E-state index contributed by atoms with van der Waals surface area (Å²) in [7, 11) is 0. The van der Waals surface area contributed by atoms with Gasteiger partial charge in [-0.25, -0.2) is 0 Å². The molecule has 0 saturated heterocycles. The van der Waals surface area contributed by atoms with Gasteiger partial charge in [-0.05, 0) is 12.1 Å². The summed E-state index contributed by atoms with van der Waals surface area (Å²) < 4.78 is 0. The molecule has 5 heteroatoms. The Kier molecular flexibility index (Phi) is 3.54. The second-order valence-electron chi connectivity index (χ2n) is 2.78. The van der Waals surface area contributed by atoms with Crippen molar-refractivity contribution in [2.24, 2.45) is 0 Å². The lowest BCUT2D eigenvalue weighted by Gasteiger charge is -2.14. The van der Waals surface area contributed by atoms with Crippen LogP contribution >= 0.6 is 0 Å². The molecule has 14 heavy (non-hydrogen) atoms. The lowest BCUT2D eigenvalue weighted by Crippen LogP contribution is -2.22. The van der Waals surface area contributed by atoms with E-state index in [0.717, 1.165) is 0 Å². The van der Waals surface area contributed by atoms with Crippen LogP contribution in [0.2, 0.25) is 0 Å². The Morgan fingerprint density at radius 2 is 2.21 bits per heavy atom. The highest BCUT2D eigenvalue weighted by Crippen LogP contribution is 2.14. The Bertz CT molecular complexity index is 348. The van der Waals surface area contributed by atoms with E-state index in [1.807, 2.05) is 6.07 Å². The first kappa shape index (κ1) is 10.6. The summed E-state index contributed by atoms with van der Waals surface area (Å²) in [5.41, 5.74) is 0.518. The third-order valence-electron chi connectivity index (χ3n) is 1.76. The maximum Gasteiger partial charge on any atom is 0.124 e. The van der Waals surface area contributed by atoms with Crippen LogP contribution in [0.1, 0.15) is 17.4 Å². The van der Waals surface area contributed by atoms with Gasteiger partial charge in [-0.3, -0.25) is 4.98 Å². The zero-order valence-electron chi connectivity index (χ0n) is 7.33. The fraction of sp³-hybridized carbons (Fsp3) is 0.333. The van der Waals surface area contributed by atoms with E-state index >= 15 is 0 Å². The Labute approximate surface area is 80.9 Å². The van der Waals surface area contributed by atoms with Gasteiger partial charge in [0.2, 0.25) is 0 Å². The van der Waals surface area contributed by atoms with Gasteiger partial charge in [-0.1, -0.05) is 0 Å². The highest BCUT2D eigenvalue weighted by molar-refractivity contribution is 5.29. The van der Waals surface area contributed by atoms with Crippen molar-refractivity contribution in [2.75, 3.05) is 6.61 Å². The van der Waals surface area contributed by atoms with E-state index in [-0.39, 0.29) is 5.69 Å². The number of aliphatic hydroxyl groups is 3. The van der Waals surface area contributed by atoms with Crippen molar-refractivity contribution in [2.45, 2.75) is 12.2 Å². The molecule has 2 unspecified atom stereocenters. The van der Waals surface area contributed by atoms with Gasteiger partial charge in [-0.15, -0.1) is 0 Å². The number of nitriles is 1. The lowest BCUT2D eigenvalue weighted by molar-refractivity contribution is -0.0172. The first-order valence-corrected chi connectivity index (χ1v) is 4.02. The molecule has 1 aromatic rings. The van der Waals surface area contributed by atoms with Crippen molar-refractivity contribution >= 4 is 0 Å². The zero-order valence-corrected chi connectivity index (χ0v) is 7.33. The van der Waals surface area contributed by atoms with Crippen molar-refractivity contribution in [3.63, 3.8) is 0 Å². The Morgan fingerprint density at radius 1 is 1.50 bits per heavy atom. The summed E-state index contributed by atoms with van der Waals surface area (Å²) in [5, 5.41) is 35.7. The zero-order chi connectivity index (χ0) is 10.6. The van der Waals surface area contributed by atoms with E-state index in [2.05, 4.69) is 4.98 Å². The molecule has 0 aliphatic heterocycles. The highest BCUT2D eigenvalue weighted by atomic mass is 16.4. The van der Waals surface area contributed by atoms with Gasteiger partial charge in [-0.2, -0.15) is 5.26 Å². The number of hydrogen-bond donors (Lipinski definition) is 3. The average molecular weight is 194 g/mol. The largest absolute Gasteiger partial charge is 0.394 e. The van der Waals surface area contributed by atoms with Gasteiger partial charge in [0.1, 0.15) is 12.2 Å². The van der Waals surface area contributed by atoms with Crippen molar-refractivity contribution < 1.29 is 15.3 Å². The molecule has 0 fully saturated rings. The smallest absolute Gasteiger partial charge is 0.124 e. The Balaban J connectivity index is 2.91. The number of rotatable bonds is 3. The fourth-order valence-corrected chi connectivity index (χ4v) is 0.977. The normalized spacial score (nSPS) is 14.4. The number of aromatic nitrogens is 1. The number of hydrogen-bond acceptors (Lipinski definition) is 5. The number of pyridine rings is 1. The Morgan fingerprint density at radius 3 is 2.79 bits per heavy atom. The minimum atomic E-state index is -1.28. The summed E-state index contributed by atoms with van der Waals surface area (Å²) >= 11 is 0. The van der Waals surface area contributed by atoms with Gasteiger partial charge >= 0.3 is 0 Å². The third-order valence-corrected chi connectivity index (χ3v) is 1.76. The standard InChI is InChI=1S/C9H10N2O3/c10-4-6-1-2-11-7(3-6)9(14)8(13)5-12/h1-3,8-9,12-14H,5H2. The second-order valence-corrected chi connectivity index (χ2v) is 2.78. The minimum absolute atomic E-state index is 0.172. The molecule has 1 aromatic heterocycles. The summed E-state index contributed by atoms with van der Waals surface area (Å²) in [6, 6.07) is 4.74. The van der Waals surface area contributed by atoms with Crippen molar-refractivity contribution in [3.05, 3.63) is 29.6 Å². The molecule has 74 valence electrons. The molecule has 0 spiro atoms. The maximum atomic E-state index is 9.43. The van der Waals surface area contributed by atoms with Gasteiger partial charge < -0.3 is 15.3 Å². The molecule has 0 aliphatic carbocycles. The van der Waals surface area contributed by atoms with E-state index in [4.69, 9.17) is 15.5 Å². The van der Waals surface area contributed by atoms with Crippen LogP contribution in [-0.2, 0) is 0 Å². The molecule has 0 aromatic carbocycles. The maximum absolute atomic E-state index is 9.43. The van der Waals surface area contributed by atoms with Gasteiger partial charge in [0.25, 0.3) is 0 Å². The van der Waals surface area contributed by atoms with Crippen LogP contribution in [0, 0.1) is 11.3 Å². The molecule has 0 radical (unpaired) electrons. The van der Waals surface area contributed by atoms with E-state index in [9.17, 15) is 5.11 Å². The van der Waals surface area contributed by atoms with E-state index in [1.54, 1.807) is 0 Å². The van der Waals surface area contributed by atoms with Crippen LogP contribution < -0.4 is 0 Å². The summed E-state index contributed by atoms with van der Waals surface area (Å²) in [6.07, 6.45) is -1.19. The molecule has 0 bridgehead atoms. The van der Waals surface area contributed by atoms with Crippen molar-refractivity contribution in [1.29, 1.82) is 5.26 Å². The van der Waals surface area contributed by atoms with Crippen LogP contribution in [-0.4, -0.2) is 33.0 Å². The van der Waals surface area contributed by atoms with Crippen LogP contribution in [0.25, 0.3) is 0 Å². The van der Waals surface area contributed by atoms with E-state index in [0.29, 0.717) is 5.56 Å². The summed E-state index contributed by atoms with van der Waals surface area (Å²) in [6.45, 7) is -0.556. The van der Waals surface area contributed by atoms with Crippen LogP contribution in [0.5, 0.6) is 0 Å². The van der Waals surface area contributed by atoms with Crippen LogP contribution in [0.15, 0.2) is 18.3 Å².